The molecule has 9 heteroatoms. The summed E-state index contributed by atoms with van der Waals surface area (Å²) in [5.41, 5.74) is 1.30. The molecule has 1 amide bonds. The van der Waals surface area contributed by atoms with Crippen LogP contribution in [0.3, 0.4) is 0 Å². The third-order valence-corrected chi connectivity index (χ3v) is 7.37. The molecule has 162 valence electrons. The monoisotopic (exact) mass is 470 g/mol. The second-order valence-electron chi connectivity index (χ2n) is 7.19. The molecule has 3 rings (SSSR count). The van der Waals surface area contributed by atoms with E-state index in [1.54, 1.807) is 36.4 Å². The number of rotatable bonds is 6. The zero-order valence-electron chi connectivity index (χ0n) is 16.8. The molecule has 0 bridgehead atoms. The van der Waals surface area contributed by atoms with E-state index >= 15 is 0 Å². The third-order valence-electron chi connectivity index (χ3n) is 5.04. The molecule has 0 radical (unpaired) electrons. The first-order valence-electron chi connectivity index (χ1n) is 9.71. The van der Waals surface area contributed by atoms with Gasteiger partial charge in [-0.05, 0) is 68.7 Å². The largest absolute Gasteiger partial charge is 0.494 e. The fraction of sp³-hybridized carbons (Fsp3) is 0.381. The van der Waals surface area contributed by atoms with Crippen molar-refractivity contribution in [1.82, 2.24) is 4.31 Å². The van der Waals surface area contributed by atoms with Crippen molar-refractivity contribution in [2.45, 2.75) is 31.6 Å². The number of nitrogens with zero attached hydrogens (tertiary/aromatic N) is 1. The molecule has 2 aromatic carbocycles. The Labute approximate surface area is 187 Å². The van der Waals surface area contributed by atoms with Crippen molar-refractivity contribution in [3.05, 3.63) is 52.0 Å². The van der Waals surface area contributed by atoms with Crippen molar-refractivity contribution in [1.29, 1.82) is 0 Å². The minimum atomic E-state index is -3.62. The molecule has 6 nitrogen and oxygen atoms in total. The maximum Gasteiger partial charge on any atom is 0.243 e. The van der Waals surface area contributed by atoms with Crippen LogP contribution in [0.4, 0.5) is 5.69 Å². The second-order valence-corrected chi connectivity index (χ2v) is 10.00. The number of piperidine rings is 1. The molecule has 2 aromatic rings. The number of carbonyl (C=O) groups is 1. The first-order chi connectivity index (χ1) is 14.2. The van der Waals surface area contributed by atoms with Crippen LogP contribution in [0.2, 0.25) is 10.0 Å². The van der Waals surface area contributed by atoms with Crippen LogP contribution in [0.25, 0.3) is 0 Å². The number of hydrogen-bond acceptors (Lipinski definition) is 4. The van der Waals surface area contributed by atoms with Crippen LogP contribution in [0, 0.1) is 12.8 Å². The number of amides is 1. The van der Waals surface area contributed by atoms with Gasteiger partial charge in [0.2, 0.25) is 15.9 Å². The van der Waals surface area contributed by atoms with Gasteiger partial charge >= 0.3 is 0 Å². The lowest BCUT2D eigenvalue weighted by atomic mass is 9.97. The Morgan fingerprint density at radius 3 is 2.33 bits per heavy atom. The van der Waals surface area contributed by atoms with E-state index in [-0.39, 0.29) is 29.8 Å². The molecule has 1 fully saturated rings. The van der Waals surface area contributed by atoms with Crippen molar-refractivity contribution in [2.24, 2.45) is 5.92 Å². The number of ether oxygens (including phenoxy) is 1. The van der Waals surface area contributed by atoms with E-state index < -0.39 is 10.0 Å². The molecule has 0 spiro atoms. The van der Waals surface area contributed by atoms with E-state index in [4.69, 9.17) is 27.9 Å². The maximum atomic E-state index is 13.0. The number of halogens is 2. The Morgan fingerprint density at radius 2 is 1.77 bits per heavy atom. The van der Waals surface area contributed by atoms with Gasteiger partial charge in [0.1, 0.15) is 5.75 Å². The maximum absolute atomic E-state index is 13.0. The predicted molar refractivity (Wildman–Crippen MR) is 119 cm³/mol. The highest BCUT2D eigenvalue weighted by atomic mass is 35.5. The zero-order valence-corrected chi connectivity index (χ0v) is 19.1. The average molecular weight is 471 g/mol. The number of aryl methyl sites for hydroxylation is 1. The fourth-order valence-electron chi connectivity index (χ4n) is 3.48. The standard InChI is InChI=1S/C21H24Cl2N2O4S/c1-3-29-20-5-4-19(10-14(20)2)30(27,28)25-8-6-15(7-9-25)21(26)24-18-12-16(22)11-17(23)13-18/h4-5,10-13,15H,3,6-9H2,1-2H3,(H,24,26). The fourth-order valence-corrected chi connectivity index (χ4v) is 5.56. The Bertz CT molecular complexity index is 1020. The Kier molecular flexibility index (Phi) is 7.29. The highest BCUT2D eigenvalue weighted by Gasteiger charge is 2.32. The summed E-state index contributed by atoms with van der Waals surface area (Å²) in [4.78, 5) is 12.8. The molecule has 1 aliphatic rings. The highest BCUT2D eigenvalue weighted by molar-refractivity contribution is 7.89. The molecule has 30 heavy (non-hydrogen) atoms. The quantitative estimate of drug-likeness (QED) is 0.661. The van der Waals surface area contributed by atoms with Gasteiger partial charge in [-0.2, -0.15) is 4.31 Å². The molecular weight excluding hydrogens is 447 g/mol. The molecule has 1 saturated heterocycles. The number of anilines is 1. The Hall–Kier alpha value is -1.80. The smallest absolute Gasteiger partial charge is 0.243 e. The third kappa shape index (κ3) is 5.27. The minimum Gasteiger partial charge on any atom is -0.494 e. The van der Waals surface area contributed by atoms with Crippen LogP contribution in [-0.2, 0) is 14.8 Å². The number of nitrogens with one attached hydrogen (secondary N) is 1. The molecule has 0 unspecified atom stereocenters. The van der Waals surface area contributed by atoms with Crippen molar-refractivity contribution < 1.29 is 17.9 Å². The van der Waals surface area contributed by atoms with Gasteiger partial charge in [-0.25, -0.2) is 8.42 Å². The molecular formula is C21H24Cl2N2O4S. The lowest BCUT2D eigenvalue weighted by molar-refractivity contribution is -0.120. The summed E-state index contributed by atoms with van der Waals surface area (Å²) in [5, 5.41) is 3.68. The summed E-state index contributed by atoms with van der Waals surface area (Å²) in [6, 6.07) is 9.71. The van der Waals surface area contributed by atoms with Gasteiger partial charge in [-0.1, -0.05) is 23.2 Å². The molecule has 1 heterocycles. The SMILES string of the molecule is CCOc1ccc(S(=O)(=O)N2CCC(C(=O)Nc3cc(Cl)cc(Cl)c3)CC2)cc1C. The van der Waals surface area contributed by atoms with E-state index in [1.807, 2.05) is 13.8 Å². The Morgan fingerprint density at radius 1 is 1.13 bits per heavy atom. The van der Waals surface area contributed by atoms with Crippen LogP contribution in [0.15, 0.2) is 41.3 Å². The molecule has 0 atom stereocenters. The number of benzene rings is 2. The van der Waals surface area contributed by atoms with Crippen molar-refractivity contribution in [3.63, 3.8) is 0 Å². The van der Waals surface area contributed by atoms with E-state index in [1.165, 1.54) is 4.31 Å². The van der Waals surface area contributed by atoms with Gasteiger partial charge in [0, 0.05) is 34.7 Å². The second kappa shape index (κ2) is 9.56. The highest BCUT2D eigenvalue weighted by Crippen LogP contribution is 2.28. The summed E-state index contributed by atoms with van der Waals surface area (Å²) in [7, 11) is -3.62. The topological polar surface area (TPSA) is 75.7 Å². The number of sulfonamides is 1. The van der Waals surface area contributed by atoms with Gasteiger partial charge in [0.05, 0.1) is 11.5 Å². The van der Waals surface area contributed by atoms with Gasteiger partial charge < -0.3 is 10.1 Å². The first-order valence-corrected chi connectivity index (χ1v) is 11.9. The normalized spacial score (nSPS) is 15.7. The summed E-state index contributed by atoms with van der Waals surface area (Å²) >= 11 is 11.9. The lowest BCUT2D eigenvalue weighted by Crippen LogP contribution is -2.41. The van der Waals surface area contributed by atoms with Crippen LogP contribution >= 0.6 is 23.2 Å². The molecule has 0 aromatic heterocycles. The summed E-state index contributed by atoms with van der Waals surface area (Å²) in [6.45, 7) is 4.78. The number of carbonyl (C=O) groups excluding carboxylic acids is 1. The lowest BCUT2D eigenvalue weighted by Gasteiger charge is -2.30. The minimum absolute atomic E-state index is 0.165. The van der Waals surface area contributed by atoms with E-state index in [9.17, 15) is 13.2 Å². The van der Waals surface area contributed by atoms with Crippen molar-refractivity contribution >= 4 is 44.8 Å². The summed E-state index contributed by atoms with van der Waals surface area (Å²) < 4.78 is 32.9. The van der Waals surface area contributed by atoms with Crippen LogP contribution < -0.4 is 10.1 Å². The first kappa shape index (κ1) is 22.9. The van der Waals surface area contributed by atoms with E-state index in [0.29, 0.717) is 40.9 Å². The molecule has 1 N–H and O–H groups in total. The molecule has 1 aliphatic heterocycles. The van der Waals surface area contributed by atoms with Crippen molar-refractivity contribution in [3.8, 4) is 5.75 Å². The zero-order chi connectivity index (χ0) is 21.9. The van der Waals surface area contributed by atoms with Gasteiger partial charge in [-0.15, -0.1) is 0 Å². The predicted octanol–water partition coefficient (Wildman–Crippen LogP) is 4.74. The van der Waals surface area contributed by atoms with E-state index in [0.717, 1.165) is 5.56 Å². The summed E-state index contributed by atoms with van der Waals surface area (Å²) in [6.07, 6.45) is 0.880. The van der Waals surface area contributed by atoms with Gasteiger partial charge in [0.15, 0.2) is 0 Å². The van der Waals surface area contributed by atoms with Crippen LogP contribution in [-0.4, -0.2) is 38.3 Å². The van der Waals surface area contributed by atoms with Crippen molar-refractivity contribution in [2.75, 3.05) is 25.0 Å². The van der Waals surface area contributed by atoms with E-state index in [2.05, 4.69) is 5.32 Å². The van der Waals surface area contributed by atoms with Gasteiger partial charge in [0.25, 0.3) is 0 Å². The van der Waals surface area contributed by atoms with Crippen LogP contribution in [0.5, 0.6) is 5.75 Å². The van der Waals surface area contributed by atoms with Crippen LogP contribution in [0.1, 0.15) is 25.3 Å². The van der Waals surface area contributed by atoms with Gasteiger partial charge in [-0.3, -0.25) is 4.79 Å². The number of hydrogen-bond donors (Lipinski definition) is 1. The molecule has 0 aliphatic carbocycles. The Balaban J connectivity index is 1.64. The summed E-state index contributed by atoms with van der Waals surface area (Å²) in [5.74, 6) is 0.228. The molecule has 0 saturated carbocycles. The average Bonchev–Trinajstić information content (AvgIpc) is 2.69.